The van der Waals surface area contributed by atoms with Gasteiger partial charge in [0.15, 0.2) is 0 Å². The predicted molar refractivity (Wildman–Crippen MR) is 307 cm³/mol. The van der Waals surface area contributed by atoms with E-state index in [2.05, 4.69) is 90.9 Å². The minimum Gasteiger partial charge on any atom is -0.457 e. The summed E-state index contributed by atoms with van der Waals surface area (Å²) in [4.78, 5) is 45.5. The molecule has 4 unspecified atom stereocenters. The lowest BCUT2D eigenvalue weighted by Crippen LogP contribution is -2.42. The zero-order chi connectivity index (χ0) is 60.2. The maximum Gasteiger partial charge on any atom is 0.416 e. The number of rotatable bonds is 14. The molecule has 2 amide bonds. The van der Waals surface area contributed by atoms with E-state index in [0.717, 1.165) is 44.4 Å². The number of pyridine rings is 2. The van der Waals surface area contributed by atoms with Gasteiger partial charge in [-0.2, -0.15) is 31.3 Å². The molecular weight excluding hydrogens is 1110 g/mol. The first kappa shape index (κ1) is 62.4. The Morgan fingerprint density at radius 1 is 0.663 bits per heavy atom. The van der Waals surface area contributed by atoms with Gasteiger partial charge in [-0.05, 0) is 122 Å². The number of halogens is 8. The molecule has 0 radical (unpaired) electrons. The number of nitrogens with zero attached hydrogens (tertiary/aromatic N) is 7. The van der Waals surface area contributed by atoms with Crippen molar-refractivity contribution in [1.82, 2.24) is 29.3 Å². The monoisotopic (exact) mass is 1170 g/mol. The van der Waals surface area contributed by atoms with Gasteiger partial charge in [0.25, 0.3) is 0 Å². The first-order valence-corrected chi connectivity index (χ1v) is 26.7. The van der Waals surface area contributed by atoms with E-state index in [1.807, 2.05) is 19.2 Å². The van der Waals surface area contributed by atoms with Crippen LogP contribution in [0, 0.1) is 35.3 Å². The van der Waals surface area contributed by atoms with Crippen molar-refractivity contribution in [2.24, 2.45) is 35.7 Å². The van der Waals surface area contributed by atoms with E-state index in [4.69, 9.17) is 15.2 Å². The molecule has 6 N–H and O–H groups in total. The van der Waals surface area contributed by atoms with Crippen molar-refractivity contribution in [3.05, 3.63) is 132 Å². The summed E-state index contributed by atoms with van der Waals surface area (Å²) in [6.07, 6.45) is -3.60. The number of nitrogens with one attached hydrogen (secondary N) is 4. The average molecular weight is 1180 g/mol. The van der Waals surface area contributed by atoms with E-state index < -0.39 is 40.8 Å². The fourth-order valence-electron chi connectivity index (χ4n) is 9.90. The molecule has 2 saturated heterocycles. The van der Waals surface area contributed by atoms with E-state index in [1.54, 1.807) is 71.5 Å². The Labute approximate surface area is 479 Å². The summed E-state index contributed by atoms with van der Waals surface area (Å²) in [6, 6.07) is 21.3. The third-order valence-corrected chi connectivity index (χ3v) is 13.3. The number of nitrogens with two attached hydrogens (primary N) is 1. The largest absolute Gasteiger partial charge is 0.457 e. The van der Waals surface area contributed by atoms with Crippen molar-refractivity contribution in [1.29, 1.82) is 0 Å². The number of amides is 2. The van der Waals surface area contributed by atoms with Gasteiger partial charge in [0.2, 0.25) is 17.8 Å². The third kappa shape index (κ3) is 18.1. The molecule has 4 atom stereocenters. The second kappa shape index (κ2) is 27.7. The number of piperidine rings is 2. The molecule has 2 aliphatic rings. The van der Waals surface area contributed by atoms with Crippen LogP contribution in [0.5, 0.6) is 23.0 Å². The summed E-state index contributed by atoms with van der Waals surface area (Å²) in [5.41, 5.74) is 5.80. The van der Waals surface area contributed by atoms with Gasteiger partial charge in [-0.15, -0.1) is 0 Å². The molecule has 9 rings (SSSR count). The summed E-state index contributed by atoms with van der Waals surface area (Å²) in [5, 5.41) is 13.2. The minimum atomic E-state index is -4.61. The number of ether oxygens (including phenoxy) is 2. The number of carbonyl (C=O) groups excluding carboxylic acids is 2. The van der Waals surface area contributed by atoms with Crippen LogP contribution in [-0.2, 0) is 29.0 Å². The second-order valence-corrected chi connectivity index (χ2v) is 20.8. The van der Waals surface area contributed by atoms with Crippen molar-refractivity contribution >= 4 is 80.6 Å². The van der Waals surface area contributed by atoms with Gasteiger partial charge in [0.1, 0.15) is 52.0 Å². The Morgan fingerprint density at radius 2 is 1.14 bits per heavy atom. The van der Waals surface area contributed by atoms with E-state index in [1.165, 1.54) is 12.6 Å². The quantitative estimate of drug-likeness (QED) is 0.0300. The predicted octanol–water partition coefficient (Wildman–Crippen LogP) is 13.6. The number of aliphatic imine (C=N–C) groups is 1. The second-order valence-electron chi connectivity index (χ2n) is 20.7. The number of benzene rings is 4. The van der Waals surface area contributed by atoms with Crippen molar-refractivity contribution in [2.45, 2.75) is 52.9 Å². The van der Waals surface area contributed by atoms with Crippen LogP contribution in [-0.4, -0.2) is 92.6 Å². The van der Waals surface area contributed by atoms with Crippen LogP contribution in [0.15, 0.2) is 114 Å². The summed E-state index contributed by atoms with van der Waals surface area (Å²) < 4.78 is 116. The molecule has 0 aliphatic carbocycles. The highest BCUT2D eigenvalue weighted by atomic mass is 32.1. The number of hydrogen-bond donors (Lipinski definition) is 5. The number of fused-ring (bicyclic) bond motifs is 1. The van der Waals surface area contributed by atoms with Crippen LogP contribution in [0.2, 0.25) is 0 Å². The maximum absolute atomic E-state index is 14.3. The minimum absolute atomic E-state index is 0.0615. The molecule has 440 valence electrons. The van der Waals surface area contributed by atoms with Crippen LogP contribution in [0.25, 0.3) is 11.0 Å². The third-order valence-electron chi connectivity index (χ3n) is 13.2. The topological polar surface area (TPSA) is 189 Å². The fourth-order valence-corrected chi connectivity index (χ4v) is 10.00. The zero-order valence-electron chi connectivity index (χ0n) is 46.1. The highest BCUT2D eigenvalue weighted by Gasteiger charge is 2.33. The summed E-state index contributed by atoms with van der Waals surface area (Å²) in [6.45, 7) is 13.2. The fraction of sp³-hybridized carbons (Fsp3) is 0.345. The molecule has 0 saturated carbocycles. The van der Waals surface area contributed by atoms with Crippen molar-refractivity contribution in [3.8, 4) is 23.0 Å². The summed E-state index contributed by atoms with van der Waals surface area (Å²) in [5.74, 6) is 3.49. The van der Waals surface area contributed by atoms with Gasteiger partial charge < -0.3 is 41.0 Å². The van der Waals surface area contributed by atoms with Crippen molar-refractivity contribution in [3.63, 3.8) is 0 Å². The number of carbonyl (C=O) groups is 2. The number of alkyl halides is 6. The Kier molecular flexibility index (Phi) is 20.8. The molecule has 83 heavy (non-hydrogen) atoms. The number of aryl methyl sites for hydroxylation is 1. The van der Waals surface area contributed by atoms with Gasteiger partial charge in [-0.1, -0.05) is 27.7 Å². The van der Waals surface area contributed by atoms with Gasteiger partial charge in [0.05, 0.1) is 57.5 Å². The highest BCUT2D eigenvalue weighted by Crippen LogP contribution is 2.36. The Hall–Kier alpha value is -8.25. The Bertz CT molecular complexity index is 3430. The number of anilines is 6. The van der Waals surface area contributed by atoms with Crippen molar-refractivity contribution in [2.75, 3.05) is 73.3 Å². The lowest BCUT2D eigenvalue weighted by molar-refractivity contribution is -0.138. The number of likely N-dealkylation sites (tertiary alicyclic amines) is 2. The number of imidazole rings is 1. The first-order valence-electron chi connectivity index (χ1n) is 26.3. The molecule has 25 heteroatoms. The van der Waals surface area contributed by atoms with Crippen molar-refractivity contribution < 1.29 is 54.2 Å². The standard InChI is InChI=1S/C29H30F4N6O2.C21H29N5O2.C8H3F4NS/c1-17-10-18(2)15-39(14-17)16-27(40)37-26-13-21(8-9-34-26)41-20-5-7-25-24(12-20)36-28(38(25)3)35-23-11-19(29(31,32)33)4-6-22(23)30;1-14-8-15(2)12-26(11-14)13-21(27)25-20-10-17(6-7-24-20)28-16-4-5-19(23-3)18(22)9-16;9-6-2-1-5(8(10,11)12)3-7(6)13-4-14/h4-9,11-13,17-18H,10,14-16H2,1-3H3,(H,35,36)(H,34,37,40);4-7,9-10,14-15,23H,8,11-13,22H2,1-3H3,(H,24,25,27);1-3H. The first-order chi connectivity index (χ1) is 39.3. The average Bonchev–Trinajstić information content (AvgIpc) is 3.61. The molecule has 3 aromatic heterocycles. The van der Waals surface area contributed by atoms with Gasteiger partial charge in [-0.25, -0.2) is 23.7 Å². The van der Waals surface area contributed by atoms with E-state index in [0.29, 0.717) is 118 Å². The van der Waals surface area contributed by atoms with Gasteiger partial charge >= 0.3 is 12.4 Å². The zero-order valence-corrected chi connectivity index (χ0v) is 46.9. The Morgan fingerprint density at radius 3 is 1.64 bits per heavy atom. The van der Waals surface area contributed by atoms with E-state index >= 15 is 0 Å². The molecule has 16 nitrogen and oxygen atoms in total. The molecular formula is C58H62F8N12O4S. The molecule has 7 aromatic rings. The number of hydrogen-bond acceptors (Lipinski definition) is 14. The number of isothiocyanates is 1. The van der Waals surface area contributed by atoms with Crippen LogP contribution < -0.4 is 36.5 Å². The van der Waals surface area contributed by atoms with Gasteiger partial charge in [-0.3, -0.25) is 19.4 Å². The van der Waals surface area contributed by atoms with Crippen LogP contribution in [0.4, 0.5) is 75.5 Å². The number of nitrogen functional groups attached to an aromatic ring is 1. The molecule has 2 fully saturated rings. The highest BCUT2D eigenvalue weighted by molar-refractivity contribution is 7.78. The molecule has 0 bridgehead atoms. The van der Waals surface area contributed by atoms with Crippen LogP contribution in [0.3, 0.4) is 0 Å². The van der Waals surface area contributed by atoms with Crippen LogP contribution >= 0.6 is 12.2 Å². The normalized spacial score (nSPS) is 17.4. The summed E-state index contributed by atoms with van der Waals surface area (Å²) >= 11 is 4.17. The lowest BCUT2D eigenvalue weighted by atomic mass is 9.92. The Balaban J connectivity index is 0.000000202. The summed E-state index contributed by atoms with van der Waals surface area (Å²) in [7, 11) is 3.47. The SMILES string of the molecule is CC1CC(C)CN(CC(=O)Nc2cc(Oc3ccc4c(c3)nc(Nc3cc(C(F)(F)F)ccc3F)n4C)ccn2)C1.CNc1ccc(Oc2ccnc(NC(=O)CN3CC(C)CC(C)C3)c2)cc1N.Fc1ccc(C(F)(F)F)cc1N=C=S. The lowest BCUT2D eigenvalue weighted by Gasteiger charge is -2.34. The molecule has 0 spiro atoms. The number of thiocarbonyl (C=S) groups is 1. The van der Waals surface area contributed by atoms with Crippen LogP contribution in [0.1, 0.15) is 51.7 Å². The smallest absolute Gasteiger partial charge is 0.416 e. The van der Waals surface area contributed by atoms with E-state index in [-0.39, 0.29) is 23.5 Å². The maximum atomic E-state index is 14.3. The molecule has 4 aromatic carbocycles. The van der Waals surface area contributed by atoms with Gasteiger partial charge in [0, 0.05) is 76.9 Å². The molecule has 2 aliphatic heterocycles. The molecule has 5 heterocycles. The number of aromatic nitrogens is 4. The van der Waals surface area contributed by atoms with E-state index in [9.17, 15) is 44.7 Å².